The molecule has 0 aliphatic carbocycles. The minimum Gasteiger partial charge on any atom is -0.363 e. The Kier molecular flexibility index (Phi) is 3.88. The van der Waals surface area contributed by atoms with Crippen molar-refractivity contribution >= 4 is 17.3 Å². The Morgan fingerprint density at radius 1 is 1.05 bits per heavy atom. The van der Waals surface area contributed by atoms with Gasteiger partial charge in [0.1, 0.15) is 0 Å². The van der Waals surface area contributed by atoms with Gasteiger partial charge in [0.25, 0.3) is 0 Å². The van der Waals surface area contributed by atoms with E-state index in [9.17, 15) is 4.79 Å². The largest absolute Gasteiger partial charge is 0.363 e. The predicted molar refractivity (Wildman–Crippen MR) is 91.0 cm³/mol. The SMILES string of the molecule is Cc1ccc(N2Cc3ccc(NC(=O)C(C)C)cc3C2)cc1. The Morgan fingerprint density at radius 3 is 2.41 bits per heavy atom. The van der Waals surface area contributed by atoms with E-state index in [1.54, 1.807) is 0 Å². The van der Waals surface area contributed by atoms with Gasteiger partial charge in [-0.1, -0.05) is 37.6 Å². The lowest BCUT2D eigenvalue weighted by Crippen LogP contribution is -2.17. The summed E-state index contributed by atoms with van der Waals surface area (Å²) in [6, 6.07) is 14.9. The quantitative estimate of drug-likeness (QED) is 0.924. The summed E-state index contributed by atoms with van der Waals surface area (Å²) in [4.78, 5) is 14.2. The lowest BCUT2D eigenvalue weighted by Gasteiger charge is -2.17. The fourth-order valence-corrected chi connectivity index (χ4v) is 2.70. The van der Waals surface area contributed by atoms with Gasteiger partial charge in [-0.2, -0.15) is 0 Å². The summed E-state index contributed by atoms with van der Waals surface area (Å²) in [5.74, 6) is 0.0608. The summed E-state index contributed by atoms with van der Waals surface area (Å²) in [5, 5.41) is 2.98. The first-order valence-electron chi connectivity index (χ1n) is 7.77. The summed E-state index contributed by atoms with van der Waals surface area (Å²) in [5.41, 5.74) is 6.04. The van der Waals surface area contributed by atoms with E-state index in [1.807, 2.05) is 19.9 Å². The zero-order chi connectivity index (χ0) is 15.7. The van der Waals surface area contributed by atoms with Gasteiger partial charge in [-0.05, 0) is 42.3 Å². The van der Waals surface area contributed by atoms with Crippen molar-refractivity contribution in [1.29, 1.82) is 0 Å². The van der Waals surface area contributed by atoms with E-state index in [0.717, 1.165) is 18.8 Å². The van der Waals surface area contributed by atoms with Crippen LogP contribution in [-0.2, 0) is 17.9 Å². The molecule has 3 nitrogen and oxygen atoms in total. The number of hydrogen-bond acceptors (Lipinski definition) is 2. The van der Waals surface area contributed by atoms with Crippen molar-refractivity contribution < 1.29 is 4.79 Å². The number of nitrogens with one attached hydrogen (secondary N) is 1. The first-order valence-corrected chi connectivity index (χ1v) is 7.77. The average molecular weight is 294 g/mol. The zero-order valence-electron chi connectivity index (χ0n) is 13.4. The van der Waals surface area contributed by atoms with Gasteiger partial charge in [0.2, 0.25) is 5.91 Å². The second-order valence-electron chi connectivity index (χ2n) is 6.32. The van der Waals surface area contributed by atoms with Crippen molar-refractivity contribution in [3.8, 4) is 0 Å². The molecule has 0 saturated heterocycles. The fourth-order valence-electron chi connectivity index (χ4n) is 2.70. The third kappa shape index (κ3) is 2.98. The highest BCUT2D eigenvalue weighted by molar-refractivity contribution is 5.92. The summed E-state index contributed by atoms with van der Waals surface area (Å²) in [7, 11) is 0. The first-order chi connectivity index (χ1) is 10.5. The standard InChI is InChI=1S/C19H22N2O/c1-13(2)19(22)20-17-7-6-15-11-21(12-16(15)10-17)18-8-4-14(3)5-9-18/h4-10,13H,11-12H2,1-3H3,(H,20,22). The number of anilines is 2. The van der Waals surface area contributed by atoms with Crippen molar-refractivity contribution in [2.45, 2.75) is 33.9 Å². The van der Waals surface area contributed by atoms with Gasteiger partial charge in [0.15, 0.2) is 0 Å². The van der Waals surface area contributed by atoms with E-state index in [4.69, 9.17) is 0 Å². The molecule has 0 unspecified atom stereocenters. The van der Waals surface area contributed by atoms with E-state index in [-0.39, 0.29) is 11.8 Å². The topological polar surface area (TPSA) is 32.3 Å². The van der Waals surface area contributed by atoms with Crippen LogP contribution >= 0.6 is 0 Å². The van der Waals surface area contributed by atoms with E-state index in [2.05, 4.69) is 53.5 Å². The van der Waals surface area contributed by atoms with Crippen LogP contribution < -0.4 is 10.2 Å². The molecular weight excluding hydrogens is 272 g/mol. The number of carbonyl (C=O) groups excluding carboxylic acids is 1. The fraction of sp³-hybridized carbons (Fsp3) is 0.316. The molecule has 1 aliphatic rings. The lowest BCUT2D eigenvalue weighted by atomic mass is 10.1. The van der Waals surface area contributed by atoms with Crippen molar-refractivity contribution in [2.75, 3.05) is 10.2 Å². The molecule has 1 N–H and O–H groups in total. The smallest absolute Gasteiger partial charge is 0.226 e. The van der Waals surface area contributed by atoms with Crippen molar-refractivity contribution in [3.05, 3.63) is 59.2 Å². The molecule has 0 atom stereocenters. The highest BCUT2D eigenvalue weighted by atomic mass is 16.1. The Hall–Kier alpha value is -2.29. The van der Waals surface area contributed by atoms with E-state index in [0.29, 0.717) is 0 Å². The van der Waals surface area contributed by atoms with Gasteiger partial charge >= 0.3 is 0 Å². The zero-order valence-corrected chi connectivity index (χ0v) is 13.4. The molecule has 0 bridgehead atoms. The Bertz CT molecular complexity index is 689. The first kappa shape index (κ1) is 14.6. The molecule has 0 radical (unpaired) electrons. The number of aryl methyl sites for hydroxylation is 1. The van der Waals surface area contributed by atoms with Crippen LogP contribution in [0.25, 0.3) is 0 Å². The highest BCUT2D eigenvalue weighted by Crippen LogP contribution is 2.30. The van der Waals surface area contributed by atoms with E-state index >= 15 is 0 Å². The van der Waals surface area contributed by atoms with Crippen molar-refractivity contribution in [1.82, 2.24) is 0 Å². The predicted octanol–water partition coefficient (Wildman–Crippen LogP) is 4.11. The van der Waals surface area contributed by atoms with Gasteiger partial charge in [-0.25, -0.2) is 0 Å². The molecule has 0 fully saturated rings. The second kappa shape index (κ2) is 5.84. The molecule has 2 aromatic rings. The number of amides is 1. The van der Waals surface area contributed by atoms with Gasteiger partial charge in [0.05, 0.1) is 0 Å². The van der Waals surface area contributed by atoms with Gasteiger partial charge in [0, 0.05) is 30.4 Å². The third-order valence-corrected chi connectivity index (χ3v) is 4.12. The molecule has 2 aromatic carbocycles. The molecule has 3 heteroatoms. The number of nitrogens with zero attached hydrogens (tertiary/aromatic N) is 1. The molecule has 0 spiro atoms. The third-order valence-electron chi connectivity index (χ3n) is 4.12. The van der Waals surface area contributed by atoms with Gasteiger partial charge in [-0.3, -0.25) is 4.79 Å². The maximum absolute atomic E-state index is 11.8. The van der Waals surface area contributed by atoms with Crippen LogP contribution in [-0.4, -0.2) is 5.91 Å². The number of carbonyl (C=O) groups is 1. The molecular formula is C19H22N2O. The molecule has 22 heavy (non-hydrogen) atoms. The number of fused-ring (bicyclic) bond motifs is 1. The lowest BCUT2D eigenvalue weighted by molar-refractivity contribution is -0.118. The molecule has 114 valence electrons. The average Bonchev–Trinajstić information content (AvgIpc) is 2.91. The Labute approximate surface area is 132 Å². The van der Waals surface area contributed by atoms with E-state index < -0.39 is 0 Å². The van der Waals surface area contributed by atoms with Crippen LogP contribution in [0.4, 0.5) is 11.4 Å². The summed E-state index contributed by atoms with van der Waals surface area (Å²) < 4.78 is 0. The summed E-state index contributed by atoms with van der Waals surface area (Å²) in [6.07, 6.45) is 0. The minimum atomic E-state index is -0.00249. The molecule has 1 amide bonds. The number of rotatable bonds is 3. The van der Waals surface area contributed by atoms with Crippen LogP contribution in [0.2, 0.25) is 0 Å². The Morgan fingerprint density at radius 2 is 1.73 bits per heavy atom. The summed E-state index contributed by atoms with van der Waals surface area (Å²) in [6.45, 7) is 7.73. The van der Waals surface area contributed by atoms with Crippen LogP contribution in [0.15, 0.2) is 42.5 Å². The molecule has 3 rings (SSSR count). The van der Waals surface area contributed by atoms with Crippen LogP contribution in [0.1, 0.15) is 30.5 Å². The monoisotopic (exact) mass is 294 g/mol. The maximum atomic E-state index is 11.8. The highest BCUT2D eigenvalue weighted by Gasteiger charge is 2.20. The Balaban J connectivity index is 1.76. The molecule has 0 aromatic heterocycles. The van der Waals surface area contributed by atoms with Gasteiger partial charge in [-0.15, -0.1) is 0 Å². The van der Waals surface area contributed by atoms with E-state index in [1.165, 1.54) is 22.4 Å². The van der Waals surface area contributed by atoms with Crippen LogP contribution in [0, 0.1) is 12.8 Å². The second-order valence-corrected chi connectivity index (χ2v) is 6.32. The molecule has 1 aliphatic heterocycles. The van der Waals surface area contributed by atoms with Crippen LogP contribution in [0.5, 0.6) is 0 Å². The number of hydrogen-bond donors (Lipinski definition) is 1. The molecule has 1 heterocycles. The maximum Gasteiger partial charge on any atom is 0.226 e. The van der Waals surface area contributed by atoms with Crippen molar-refractivity contribution in [3.63, 3.8) is 0 Å². The minimum absolute atomic E-state index is 0.00249. The van der Waals surface area contributed by atoms with Crippen molar-refractivity contribution in [2.24, 2.45) is 5.92 Å². The van der Waals surface area contributed by atoms with Gasteiger partial charge < -0.3 is 10.2 Å². The summed E-state index contributed by atoms with van der Waals surface area (Å²) >= 11 is 0. The molecule has 0 saturated carbocycles. The van der Waals surface area contributed by atoms with Crippen LogP contribution in [0.3, 0.4) is 0 Å². The number of benzene rings is 2. The normalized spacial score (nSPS) is 13.4.